The largest absolute Gasteiger partial charge is 0.462 e. The highest BCUT2D eigenvalue weighted by molar-refractivity contribution is 7.15. The van der Waals surface area contributed by atoms with E-state index in [1.165, 1.54) is 11.3 Å². The Morgan fingerprint density at radius 3 is 2.16 bits per heavy atom. The molecule has 0 saturated carbocycles. The van der Waals surface area contributed by atoms with E-state index in [1.807, 2.05) is 30.3 Å². The fraction of sp³-hybridized carbons (Fsp3) is 0.130. The van der Waals surface area contributed by atoms with E-state index in [-0.39, 0.29) is 23.3 Å². The number of nitrogens with one attached hydrogen (secondary N) is 1. The molecular formula is C23H18N2O5S. The van der Waals surface area contributed by atoms with Crippen LogP contribution < -0.4 is 5.32 Å². The van der Waals surface area contributed by atoms with Gasteiger partial charge in [0.1, 0.15) is 17.1 Å². The third kappa shape index (κ3) is 3.85. The maximum absolute atomic E-state index is 12.7. The molecule has 1 aromatic heterocycles. The number of carbonyl (C=O) groups excluding carboxylic acids is 4. The predicted molar refractivity (Wildman–Crippen MR) is 116 cm³/mol. The lowest BCUT2D eigenvalue weighted by Gasteiger charge is -2.14. The topological polar surface area (TPSA) is 92.8 Å². The van der Waals surface area contributed by atoms with Crippen LogP contribution in [0.25, 0.3) is 11.1 Å². The summed E-state index contributed by atoms with van der Waals surface area (Å²) in [6, 6.07) is 15.7. The second-order valence-corrected chi connectivity index (χ2v) is 7.61. The van der Waals surface area contributed by atoms with Crippen LogP contribution in [0.3, 0.4) is 0 Å². The second-order valence-electron chi connectivity index (χ2n) is 6.73. The number of rotatable bonds is 6. The van der Waals surface area contributed by atoms with Crippen LogP contribution in [0.4, 0.5) is 5.00 Å². The number of imide groups is 1. The van der Waals surface area contributed by atoms with Crippen molar-refractivity contribution in [3.63, 3.8) is 0 Å². The van der Waals surface area contributed by atoms with Gasteiger partial charge < -0.3 is 10.1 Å². The molecule has 0 bridgehead atoms. The number of thiophene rings is 1. The van der Waals surface area contributed by atoms with Crippen LogP contribution in [-0.4, -0.2) is 41.7 Å². The van der Waals surface area contributed by atoms with Crippen molar-refractivity contribution >= 4 is 40.0 Å². The van der Waals surface area contributed by atoms with E-state index in [0.717, 1.165) is 10.5 Å². The summed E-state index contributed by atoms with van der Waals surface area (Å²) in [5.74, 6) is -2.17. The SMILES string of the molecule is CCOC(=O)c1c(-c2ccccc2)csc1NC(=O)CN1C(=O)c2ccccc2C1=O. The van der Waals surface area contributed by atoms with Gasteiger partial charge in [0.15, 0.2) is 0 Å². The summed E-state index contributed by atoms with van der Waals surface area (Å²) >= 11 is 1.18. The van der Waals surface area contributed by atoms with E-state index in [0.29, 0.717) is 10.6 Å². The molecule has 3 aromatic rings. The monoisotopic (exact) mass is 434 g/mol. The lowest BCUT2D eigenvalue weighted by molar-refractivity contribution is -0.116. The first-order chi connectivity index (χ1) is 15.0. The van der Waals surface area contributed by atoms with Gasteiger partial charge in [0.05, 0.1) is 17.7 Å². The van der Waals surface area contributed by atoms with Gasteiger partial charge in [0.25, 0.3) is 11.8 Å². The zero-order chi connectivity index (χ0) is 22.0. The van der Waals surface area contributed by atoms with Crippen LogP contribution in [-0.2, 0) is 9.53 Å². The molecular weight excluding hydrogens is 416 g/mol. The quantitative estimate of drug-likeness (QED) is 0.470. The van der Waals surface area contributed by atoms with Gasteiger partial charge in [-0.25, -0.2) is 4.79 Å². The van der Waals surface area contributed by atoms with Gasteiger partial charge >= 0.3 is 5.97 Å². The minimum atomic E-state index is -0.582. The van der Waals surface area contributed by atoms with E-state index in [1.54, 1.807) is 36.6 Å². The molecule has 0 atom stereocenters. The zero-order valence-corrected chi connectivity index (χ0v) is 17.4. The zero-order valence-electron chi connectivity index (χ0n) is 16.6. The molecule has 1 N–H and O–H groups in total. The molecule has 156 valence electrons. The molecule has 0 unspecified atom stereocenters. The third-order valence-corrected chi connectivity index (χ3v) is 5.68. The molecule has 7 nitrogen and oxygen atoms in total. The van der Waals surface area contributed by atoms with E-state index in [9.17, 15) is 19.2 Å². The maximum atomic E-state index is 12.7. The molecule has 0 fully saturated rings. The fourth-order valence-electron chi connectivity index (χ4n) is 3.38. The molecule has 0 saturated heterocycles. The van der Waals surface area contributed by atoms with Crippen molar-refractivity contribution in [2.24, 2.45) is 0 Å². The number of esters is 1. The van der Waals surface area contributed by atoms with E-state index in [2.05, 4.69) is 5.32 Å². The van der Waals surface area contributed by atoms with Gasteiger partial charge in [-0.2, -0.15) is 0 Å². The third-order valence-electron chi connectivity index (χ3n) is 4.79. The maximum Gasteiger partial charge on any atom is 0.341 e. The summed E-state index contributed by atoms with van der Waals surface area (Å²) in [6.07, 6.45) is 0. The lowest BCUT2D eigenvalue weighted by Crippen LogP contribution is -2.37. The highest BCUT2D eigenvalue weighted by atomic mass is 32.1. The Bertz CT molecular complexity index is 1150. The second kappa shape index (κ2) is 8.53. The molecule has 0 aliphatic carbocycles. The summed E-state index contributed by atoms with van der Waals surface area (Å²) in [5, 5.41) is 4.74. The number of hydrogen-bond donors (Lipinski definition) is 1. The predicted octanol–water partition coefficient (Wildman–Crippen LogP) is 3.83. The fourth-order valence-corrected chi connectivity index (χ4v) is 4.35. The van der Waals surface area contributed by atoms with Crippen LogP contribution in [0.2, 0.25) is 0 Å². The number of ether oxygens (including phenoxy) is 1. The molecule has 0 radical (unpaired) electrons. The van der Waals surface area contributed by atoms with Gasteiger partial charge in [-0.1, -0.05) is 42.5 Å². The van der Waals surface area contributed by atoms with Crippen molar-refractivity contribution in [2.75, 3.05) is 18.5 Å². The van der Waals surface area contributed by atoms with Crippen molar-refractivity contribution in [3.05, 3.63) is 76.7 Å². The Hall–Kier alpha value is -3.78. The normalized spacial score (nSPS) is 12.6. The number of nitrogens with zero attached hydrogens (tertiary/aromatic N) is 1. The molecule has 3 amide bonds. The van der Waals surface area contributed by atoms with Gasteiger partial charge in [0, 0.05) is 10.9 Å². The summed E-state index contributed by atoms with van der Waals surface area (Å²) in [5.41, 5.74) is 2.24. The highest BCUT2D eigenvalue weighted by Gasteiger charge is 2.36. The number of hydrogen-bond acceptors (Lipinski definition) is 6. The molecule has 2 heterocycles. The first-order valence-corrected chi connectivity index (χ1v) is 10.5. The summed E-state index contributed by atoms with van der Waals surface area (Å²) in [6.45, 7) is 1.44. The summed E-state index contributed by atoms with van der Waals surface area (Å²) < 4.78 is 5.18. The Kier molecular flexibility index (Phi) is 5.64. The van der Waals surface area contributed by atoms with Crippen molar-refractivity contribution < 1.29 is 23.9 Å². The van der Waals surface area contributed by atoms with E-state index in [4.69, 9.17) is 4.74 Å². The Morgan fingerprint density at radius 1 is 0.935 bits per heavy atom. The van der Waals surface area contributed by atoms with Crippen LogP contribution >= 0.6 is 11.3 Å². The summed E-state index contributed by atoms with van der Waals surface area (Å²) in [4.78, 5) is 51.2. The first kappa shape index (κ1) is 20.5. The molecule has 31 heavy (non-hydrogen) atoms. The molecule has 1 aliphatic heterocycles. The number of anilines is 1. The van der Waals surface area contributed by atoms with Gasteiger partial charge in [-0.15, -0.1) is 11.3 Å². The van der Waals surface area contributed by atoms with Crippen LogP contribution in [0.5, 0.6) is 0 Å². The standard InChI is InChI=1S/C23H18N2O5S/c1-2-30-23(29)19-17(14-8-4-3-5-9-14)13-31-20(19)24-18(26)12-25-21(27)15-10-6-7-11-16(15)22(25)28/h3-11,13H,2,12H2,1H3,(H,24,26). The Labute approximate surface area is 182 Å². The first-order valence-electron chi connectivity index (χ1n) is 9.60. The highest BCUT2D eigenvalue weighted by Crippen LogP contribution is 2.36. The number of carbonyl (C=O) groups is 4. The average molecular weight is 434 g/mol. The lowest BCUT2D eigenvalue weighted by atomic mass is 10.0. The number of benzene rings is 2. The molecule has 8 heteroatoms. The summed E-state index contributed by atoms with van der Waals surface area (Å²) in [7, 11) is 0. The van der Waals surface area contributed by atoms with E-state index < -0.39 is 30.2 Å². The van der Waals surface area contributed by atoms with Crippen molar-refractivity contribution in [3.8, 4) is 11.1 Å². The smallest absolute Gasteiger partial charge is 0.341 e. The van der Waals surface area contributed by atoms with Crippen LogP contribution in [0.1, 0.15) is 38.0 Å². The Balaban J connectivity index is 1.58. The number of fused-ring (bicyclic) bond motifs is 1. The van der Waals surface area contributed by atoms with Crippen LogP contribution in [0, 0.1) is 0 Å². The van der Waals surface area contributed by atoms with E-state index >= 15 is 0 Å². The van der Waals surface area contributed by atoms with Crippen molar-refractivity contribution in [1.82, 2.24) is 4.90 Å². The average Bonchev–Trinajstić information content (AvgIpc) is 3.30. The van der Waals surface area contributed by atoms with Crippen LogP contribution in [0.15, 0.2) is 60.0 Å². The van der Waals surface area contributed by atoms with Crippen molar-refractivity contribution in [2.45, 2.75) is 6.92 Å². The van der Waals surface area contributed by atoms with Gasteiger partial charge in [-0.3, -0.25) is 19.3 Å². The minimum Gasteiger partial charge on any atom is -0.462 e. The van der Waals surface area contributed by atoms with Gasteiger partial charge in [-0.05, 0) is 24.6 Å². The molecule has 4 rings (SSSR count). The minimum absolute atomic E-state index is 0.186. The van der Waals surface area contributed by atoms with Gasteiger partial charge in [0.2, 0.25) is 5.91 Å². The molecule has 2 aromatic carbocycles. The Morgan fingerprint density at radius 2 is 1.55 bits per heavy atom. The molecule has 0 spiro atoms. The number of amides is 3. The molecule has 1 aliphatic rings. The van der Waals surface area contributed by atoms with Crippen molar-refractivity contribution in [1.29, 1.82) is 0 Å².